The van der Waals surface area contributed by atoms with Crippen molar-refractivity contribution < 1.29 is 19.1 Å². The van der Waals surface area contributed by atoms with E-state index in [9.17, 15) is 14.4 Å². The Hall–Kier alpha value is -4.93. The van der Waals surface area contributed by atoms with Gasteiger partial charge in [0.15, 0.2) is 0 Å². The van der Waals surface area contributed by atoms with Gasteiger partial charge in [0, 0.05) is 18.7 Å². The Balaban J connectivity index is 1.15. The third kappa shape index (κ3) is 6.28. The fraction of sp³-hybridized carbons (Fsp3) is 0.488. The van der Waals surface area contributed by atoms with Crippen molar-refractivity contribution in [1.29, 1.82) is 0 Å². The van der Waals surface area contributed by atoms with Crippen molar-refractivity contribution in [1.82, 2.24) is 35.1 Å². The summed E-state index contributed by atoms with van der Waals surface area (Å²) < 4.78 is 4.78. The number of amides is 3. The highest BCUT2D eigenvalue weighted by Crippen LogP contribution is 2.54. The largest absolute Gasteiger partial charge is 0.453 e. The highest BCUT2D eigenvalue weighted by Gasteiger charge is 2.40. The van der Waals surface area contributed by atoms with Crippen molar-refractivity contribution in [3.63, 3.8) is 0 Å². The zero-order valence-corrected chi connectivity index (χ0v) is 31.1. The second kappa shape index (κ2) is 14.6. The zero-order valence-electron chi connectivity index (χ0n) is 31.1. The predicted octanol–water partition coefficient (Wildman–Crippen LogP) is 7.72. The fourth-order valence-corrected chi connectivity index (χ4v) is 8.99. The number of aromatic amines is 2. The number of fused-ring (bicyclic) bond motifs is 1. The SMILES string of the molecule is CCC1c2c(-c3ccc(-c4cnc(C5CCCN5C(=O)C(NC(=O)OC)C(C)C)[nH]4)cc3)ccc(-c3cnc(C4CCCN4C=O)[nH]3)c2C(C)C1C. The summed E-state index contributed by atoms with van der Waals surface area (Å²) in [5.41, 5.74) is 9.39. The lowest BCUT2D eigenvalue weighted by atomic mass is 9.85. The highest BCUT2D eigenvalue weighted by atomic mass is 16.5. The Morgan fingerprint density at radius 1 is 0.904 bits per heavy atom. The highest BCUT2D eigenvalue weighted by molar-refractivity contribution is 5.86. The summed E-state index contributed by atoms with van der Waals surface area (Å²) in [5, 5.41) is 2.72. The number of rotatable bonds is 10. The Morgan fingerprint density at radius 3 is 2.23 bits per heavy atom. The van der Waals surface area contributed by atoms with Crippen LogP contribution >= 0.6 is 0 Å². The molecule has 0 saturated carbocycles. The minimum absolute atomic E-state index is 0.00920. The van der Waals surface area contributed by atoms with E-state index >= 15 is 0 Å². The van der Waals surface area contributed by atoms with Crippen LogP contribution in [0.5, 0.6) is 0 Å². The number of aromatic nitrogens is 4. The zero-order chi connectivity index (χ0) is 36.7. The van der Waals surface area contributed by atoms with Gasteiger partial charge in [0.2, 0.25) is 12.3 Å². The van der Waals surface area contributed by atoms with Crippen LogP contribution in [0.15, 0.2) is 48.8 Å². The van der Waals surface area contributed by atoms with Crippen LogP contribution in [-0.2, 0) is 14.3 Å². The number of ether oxygens (including phenoxy) is 1. The van der Waals surface area contributed by atoms with Crippen LogP contribution in [0.25, 0.3) is 33.6 Å². The van der Waals surface area contributed by atoms with E-state index in [4.69, 9.17) is 14.7 Å². The number of hydrogen-bond acceptors (Lipinski definition) is 6. The molecule has 3 N–H and O–H groups in total. The van der Waals surface area contributed by atoms with Gasteiger partial charge in [-0.2, -0.15) is 0 Å². The van der Waals surface area contributed by atoms with Crippen LogP contribution in [-0.4, -0.2) is 74.4 Å². The van der Waals surface area contributed by atoms with Crippen LogP contribution in [0.1, 0.15) is 113 Å². The molecule has 11 heteroatoms. The van der Waals surface area contributed by atoms with Gasteiger partial charge >= 0.3 is 6.09 Å². The number of imidazole rings is 2. The molecule has 0 spiro atoms. The maximum atomic E-state index is 13.6. The minimum atomic E-state index is -0.674. The average molecular weight is 706 g/mol. The molecule has 4 aromatic rings. The van der Waals surface area contributed by atoms with Gasteiger partial charge < -0.3 is 29.8 Å². The molecule has 0 bridgehead atoms. The first-order valence-electron chi connectivity index (χ1n) is 18.9. The Bertz CT molecular complexity index is 1930. The molecule has 4 heterocycles. The topological polar surface area (TPSA) is 136 Å². The molecule has 2 fully saturated rings. The monoisotopic (exact) mass is 705 g/mol. The number of H-pyrrole nitrogens is 2. The van der Waals surface area contributed by atoms with Crippen LogP contribution < -0.4 is 5.32 Å². The summed E-state index contributed by atoms with van der Waals surface area (Å²) in [6.45, 7) is 12.2. The van der Waals surface area contributed by atoms with E-state index in [2.05, 4.69) is 72.5 Å². The number of carbonyl (C=O) groups is 3. The van der Waals surface area contributed by atoms with Gasteiger partial charge in [-0.15, -0.1) is 0 Å². The normalized spacial score (nSPS) is 23.2. The van der Waals surface area contributed by atoms with E-state index in [-0.39, 0.29) is 23.9 Å². The summed E-state index contributed by atoms with van der Waals surface area (Å²) in [5.74, 6) is 2.73. The van der Waals surface area contributed by atoms with E-state index < -0.39 is 12.1 Å². The summed E-state index contributed by atoms with van der Waals surface area (Å²) in [6, 6.07) is 12.3. The first kappa shape index (κ1) is 35.5. The van der Waals surface area contributed by atoms with E-state index in [0.717, 1.165) is 73.7 Å². The predicted molar refractivity (Wildman–Crippen MR) is 200 cm³/mol. The van der Waals surface area contributed by atoms with Crippen molar-refractivity contribution >= 4 is 18.4 Å². The molecule has 2 aliphatic heterocycles. The molecule has 6 atom stereocenters. The quantitative estimate of drug-likeness (QED) is 0.145. The molecule has 11 nitrogen and oxygen atoms in total. The molecule has 7 rings (SSSR count). The second-order valence-corrected chi connectivity index (χ2v) is 15.1. The maximum Gasteiger partial charge on any atom is 0.407 e. The van der Waals surface area contributed by atoms with Crippen molar-refractivity contribution in [2.45, 2.75) is 96.7 Å². The number of hydrogen-bond donors (Lipinski definition) is 3. The molecular formula is C41H51N7O4. The van der Waals surface area contributed by atoms with Gasteiger partial charge in [0.25, 0.3) is 0 Å². The molecule has 2 aromatic heterocycles. The molecule has 52 heavy (non-hydrogen) atoms. The molecule has 2 saturated heterocycles. The van der Waals surface area contributed by atoms with Crippen LogP contribution in [0.3, 0.4) is 0 Å². The first-order chi connectivity index (χ1) is 25.1. The summed E-state index contributed by atoms with van der Waals surface area (Å²) in [7, 11) is 1.30. The second-order valence-electron chi connectivity index (χ2n) is 15.1. The van der Waals surface area contributed by atoms with Gasteiger partial charge in [0.05, 0.1) is 43.0 Å². The Kier molecular flexibility index (Phi) is 9.96. The number of nitrogens with one attached hydrogen (secondary N) is 3. The smallest absolute Gasteiger partial charge is 0.407 e. The maximum absolute atomic E-state index is 13.6. The lowest BCUT2D eigenvalue weighted by molar-refractivity contribution is -0.135. The van der Waals surface area contributed by atoms with Crippen molar-refractivity contribution in [3.8, 4) is 33.6 Å². The van der Waals surface area contributed by atoms with E-state index in [0.29, 0.717) is 24.3 Å². The van der Waals surface area contributed by atoms with Gasteiger partial charge in [-0.1, -0.05) is 71.0 Å². The van der Waals surface area contributed by atoms with Gasteiger partial charge in [-0.25, -0.2) is 14.8 Å². The molecule has 3 aliphatic rings. The lowest BCUT2D eigenvalue weighted by Gasteiger charge is -2.30. The van der Waals surface area contributed by atoms with Crippen molar-refractivity contribution in [2.24, 2.45) is 11.8 Å². The van der Waals surface area contributed by atoms with Crippen molar-refractivity contribution in [3.05, 3.63) is 71.6 Å². The number of alkyl carbamates (subject to hydrolysis) is 1. The van der Waals surface area contributed by atoms with Gasteiger partial charge in [-0.3, -0.25) is 9.59 Å². The summed E-state index contributed by atoms with van der Waals surface area (Å²) >= 11 is 0. The molecule has 1 aliphatic carbocycles. The summed E-state index contributed by atoms with van der Waals surface area (Å²) in [4.78, 5) is 57.6. The number of methoxy groups -OCH3 is 1. The third-order valence-electron chi connectivity index (χ3n) is 12.0. The molecule has 274 valence electrons. The standard InChI is InChI=1S/C41H51N7O4/c1-7-28-24(4)25(5)35-30(32-21-43-38(45-32)33-10-8-18-47(33)22-49)17-16-29(36(28)35)26-12-14-27(15-13-26)31-20-42-39(44-31)34-11-9-19-48(34)40(50)37(23(2)3)46-41(51)52-6/h12-17,20-25,28,33-34,37H,7-11,18-19H2,1-6H3,(H,42,44)(H,43,45)(H,46,51). The molecule has 0 radical (unpaired) electrons. The summed E-state index contributed by atoms with van der Waals surface area (Å²) in [6.07, 6.45) is 8.77. The van der Waals surface area contributed by atoms with E-state index in [1.807, 2.05) is 36.0 Å². The van der Waals surface area contributed by atoms with E-state index in [1.165, 1.54) is 34.9 Å². The molecular weight excluding hydrogens is 654 g/mol. The number of benzene rings is 2. The number of carbonyl (C=O) groups excluding carboxylic acids is 3. The van der Waals surface area contributed by atoms with E-state index in [1.54, 1.807) is 0 Å². The third-order valence-corrected chi connectivity index (χ3v) is 12.0. The Morgan fingerprint density at radius 2 is 1.54 bits per heavy atom. The molecule has 3 amide bonds. The molecule has 6 unspecified atom stereocenters. The fourth-order valence-electron chi connectivity index (χ4n) is 8.99. The first-order valence-corrected chi connectivity index (χ1v) is 18.9. The number of likely N-dealkylation sites (tertiary alicyclic amines) is 2. The Labute approximate surface area is 306 Å². The van der Waals surface area contributed by atoms with Crippen LogP contribution in [0.2, 0.25) is 0 Å². The minimum Gasteiger partial charge on any atom is -0.453 e. The molecule has 2 aromatic carbocycles. The van der Waals surface area contributed by atoms with Gasteiger partial charge in [-0.05, 0) is 83.6 Å². The number of nitrogens with zero attached hydrogens (tertiary/aromatic N) is 4. The average Bonchev–Trinajstić information content (AvgIpc) is 4.00. The van der Waals surface area contributed by atoms with Crippen LogP contribution in [0.4, 0.5) is 4.79 Å². The van der Waals surface area contributed by atoms with Crippen molar-refractivity contribution in [2.75, 3.05) is 20.2 Å². The van der Waals surface area contributed by atoms with Crippen LogP contribution in [0, 0.1) is 11.8 Å². The van der Waals surface area contributed by atoms with Gasteiger partial charge in [0.1, 0.15) is 17.7 Å². The lowest BCUT2D eigenvalue weighted by Crippen LogP contribution is -2.51.